The van der Waals surface area contributed by atoms with E-state index in [1.54, 1.807) is 0 Å². The molecule has 1 aromatic carbocycles. The smallest absolute Gasteiger partial charge is 0.0377 e. The van der Waals surface area contributed by atoms with Crippen molar-refractivity contribution in [2.24, 2.45) is 0 Å². The fourth-order valence-corrected chi connectivity index (χ4v) is 1.34. The summed E-state index contributed by atoms with van der Waals surface area (Å²) in [4.78, 5) is 0. The zero-order valence-corrected chi connectivity index (χ0v) is 8.59. The van der Waals surface area contributed by atoms with E-state index < -0.39 is 0 Å². The van der Waals surface area contributed by atoms with E-state index in [2.05, 4.69) is 50.9 Å². The van der Waals surface area contributed by atoms with E-state index in [0.29, 0.717) is 6.04 Å². The summed E-state index contributed by atoms with van der Waals surface area (Å²) in [6.07, 6.45) is 1.89. The van der Waals surface area contributed by atoms with Gasteiger partial charge in [-0.05, 0) is 38.0 Å². The van der Waals surface area contributed by atoms with Crippen molar-refractivity contribution in [1.82, 2.24) is 0 Å². The lowest BCUT2D eigenvalue weighted by Crippen LogP contribution is -2.10. The largest absolute Gasteiger partial charge is 0.383 e. The summed E-state index contributed by atoms with van der Waals surface area (Å²) in [5.41, 5.74) is 3.67. The molecule has 0 fully saturated rings. The standard InChI is InChI=1S/C12H17N/c1-5-11-7-6-8-12(10(11)4)13-9(2)3/h5-9,13H,1H2,2-4H3. The molecule has 0 unspecified atom stereocenters. The second kappa shape index (κ2) is 4.13. The Balaban J connectivity index is 3.01. The molecule has 13 heavy (non-hydrogen) atoms. The van der Waals surface area contributed by atoms with Gasteiger partial charge in [-0.15, -0.1) is 0 Å². The second-order valence-corrected chi connectivity index (χ2v) is 3.52. The van der Waals surface area contributed by atoms with Crippen molar-refractivity contribution in [3.8, 4) is 0 Å². The first-order chi connectivity index (χ1) is 6.15. The summed E-state index contributed by atoms with van der Waals surface area (Å²) in [5.74, 6) is 0. The molecule has 0 heterocycles. The highest BCUT2D eigenvalue weighted by molar-refractivity contribution is 5.63. The Morgan fingerprint density at radius 2 is 2.08 bits per heavy atom. The monoisotopic (exact) mass is 175 g/mol. The average Bonchev–Trinajstić information content (AvgIpc) is 2.08. The van der Waals surface area contributed by atoms with Gasteiger partial charge in [-0.2, -0.15) is 0 Å². The molecule has 0 aliphatic heterocycles. The predicted octanol–water partition coefficient (Wildman–Crippen LogP) is 3.46. The third-order valence-corrected chi connectivity index (χ3v) is 2.04. The first-order valence-electron chi connectivity index (χ1n) is 4.63. The van der Waals surface area contributed by atoms with E-state index in [1.165, 1.54) is 16.8 Å². The van der Waals surface area contributed by atoms with Gasteiger partial charge in [0.15, 0.2) is 0 Å². The highest BCUT2D eigenvalue weighted by Crippen LogP contribution is 2.20. The third-order valence-electron chi connectivity index (χ3n) is 2.04. The molecule has 0 aliphatic rings. The van der Waals surface area contributed by atoms with Gasteiger partial charge >= 0.3 is 0 Å². The molecule has 1 nitrogen and oxygen atoms in total. The topological polar surface area (TPSA) is 12.0 Å². The van der Waals surface area contributed by atoms with Crippen LogP contribution in [0.4, 0.5) is 5.69 Å². The SMILES string of the molecule is C=Cc1cccc(NC(C)C)c1C. The van der Waals surface area contributed by atoms with Crippen LogP contribution in [0.3, 0.4) is 0 Å². The average molecular weight is 175 g/mol. The van der Waals surface area contributed by atoms with E-state index >= 15 is 0 Å². The van der Waals surface area contributed by atoms with Gasteiger partial charge in [0.2, 0.25) is 0 Å². The molecule has 0 bridgehead atoms. The number of nitrogens with one attached hydrogen (secondary N) is 1. The van der Waals surface area contributed by atoms with E-state index in [-0.39, 0.29) is 0 Å². The summed E-state index contributed by atoms with van der Waals surface area (Å²) >= 11 is 0. The molecule has 1 N–H and O–H groups in total. The van der Waals surface area contributed by atoms with Crippen LogP contribution in [0.5, 0.6) is 0 Å². The summed E-state index contributed by atoms with van der Waals surface area (Å²) in [5, 5.41) is 3.40. The molecule has 0 aliphatic carbocycles. The van der Waals surface area contributed by atoms with Gasteiger partial charge in [0.05, 0.1) is 0 Å². The lowest BCUT2D eigenvalue weighted by atomic mass is 10.1. The van der Waals surface area contributed by atoms with Crippen LogP contribution in [0, 0.1) is 6.92 Å². The Labute approximate surface area is 80.5 Å². The number of rotatable bonds is 3. The Morgan fingerprint density at radius 1 is 1.38 bits per heavy atom. The molecule has 0 spiro atoms. The molecule has 70 valence electrons. The summed E-state index contributed by atoms with van der Waals surface area (Å²) in [6, 6.07) is 6.70. The molecule has 0 atom stereocenters. The third kappa shape index (κ3) is 2.35. The molecule has 1 rings (SSSR count). The van der Waals surface area contributed by atoms with Crippen LogP contribution in [-0.2, 0) is 0 Å². The minimum Gasteiger partial charge on any atom is -0.383 e. The van der Waals surface area contributed by atoms with Crippen LogP contribution in [0.25, 0.3) is 6.08 Å². The summed E-state index contributed by atoms with van der Waals surface area (Å²) < 4.78 is 0. The van der Waals surface area contributed by atoms with Gasteiger partial charge in [0, 0.05) is 11.7 Å². The maximum Gasteiger partial charge on any atom is 0.0377 e. The maximum atomic E-state index is 3.78. The van der Waals surface area contributed by atoms with Crippen LogP contribution in [0.2, 0.25) is 0 Å². The van der Waals surface area contributed by atoms with Crippen molar-refractivity contribution < 1.29 is 0 Å². The molecule has 1 heteroatoms. The minimum atomic E-state index is 0.471. The van der Waals surface area contributed by atoms with E-state index in [9.17, 15) is 0 Å². The lowest BCUT2D eigenvalue weighted by molar-refractivity contribution is 0.897. The lowest BCUT2D eigenvalue weighted by Gasteiger charge is -2.14. The Hall–Kier alpha value is -1.24. The zero-order valence-electron chi connectivity index (χ0n) is 8.59. The minimum absolute atomic E-state index is 0.471. The Bertz CT molecular complexity index is 300. The first kappa shape index (κ1) is 9.85. The van der Waals surface area contributed by atoms with Crippen molar-refractivity contribution in [2.45, 2.75) is 26.8 Å². The number of hydrogen-bond donors (Lipinski definition) is 1. The zero-order chi connectivity index (χ0) is 9.84. The van der Waals surface area contributed by atoms with Gasteiger partial charge in [-0.1, -0.05) is 24.8 Å². The molecule has 0 amide bonds. The van der Waals surface area contributed by atoms with Crippen LogP contribution in [-0.4, -0.2) is 6.04 Å². The first-order valence-corrected chi connectivity index (χ1v) is 4.63. The summed E-state index contributed by atoms with van der Waals surface area (Å²) in [7, 11) is 0. The van der Waals surface area contributed by atoms with Gasteiger partial charge in [-0.25, -0.2) is 0 Å². The second-order valence-electron chi connectivity index (χ2n) is 3.52. The molecule has 0 aromatic heterocycles. The summed E-state index contributed by atoms with van der Waals surface area (Å²) in [6.45, 7) is 10.2. The Morgan fingerprint density at radius 3 is 2.62 bits per heavy atom. The molecule has 1 aromatic rings. The molecule has 0 saturated heterocycles. The fourth-order valence-electron chi connectivity index (χ4n) is 1.34. The van der Waals surface area contributed by atoms with Gasteiger partial charge in [-0.3, -0.25) is 0 Å². The van der Waals surface area contributed by atoms with Crippen LogP contribution >= 0.6 is 0 Å². The van der Waals surface area contributed by atoms with E-state index in [4.69, 9.17) is 0 Å². The van der Waals surface area contributed by atoms with Gasteiger partial charge in [0.1, 0.15) is 0 Å². The van der Waals surface area contributed by atoms with E-state index in [0.717, 1.165) is 0 Å². The quantitative estimate of drug-likeness (QED) is 0.741. The molecule has 0 saturated carbocycles. The van der Waals surface area contributed by atoms with Crippen molar-refractivity contribution in [3.63, 3.8) is 0 Å². The fraction of sp³-hybridized carbons (Fsp3) is 0.333. The van der Waals surface area contributed by atoms with Crippen LogP contribution in [0.15, 0.2) is 24.8 Å². The van der Waals surface area contributed by atoms with Crippen molar-refractivity contribution >= 4 is 11.8 Å². The van der Waals surface area contributed by atoms with Crippen molar-refractivity contribution in [2.75, 3.05) is 5.32 Å². The van der Waals surface area contributed by atoms with Crippen molar-refractivity contribution in [1.29, 1.82) is 0 Å². The van der Waals surface area contributed by atoms with Crippen molar-refractivity contribution in [3.05, 3.63) is 35.9 Å². The Kier molecular flexibility index (Phi) is 3.13. The maximum absolute atomic E-state index is 3.78. The normalized spacial score (nSPS) is 10.2. The van der Waals surface area contributed by atoms with E-state index in [1.807, 2.05) is 6.08 Å². The number of anilines is 1. The van der Waals surface area contributed by atoms with Crippen LogP contribution < -0.4 is 5.32 Å². The molecule has 0 radical (unpaired) electrons. The molecular weight excluding hydrogens is 158 g/mol. The van der Waals surface area contributed by atoms with Gasteiger partial charge < -0.3 is 5.32 Å². The number of benzene rings is 1. The molecular formula is C12H17N. The van der Waals surface area contributed by atoms with Gasteiger partial charge in [0.25, 0.3) is 0 Å². The highest BCUT2D eigenvalue weighted by atomic mass is 14.9. The predicted molar refractivity (Wildman–Crippen MR) is 60.0 cm³/mol. The van der Waals surface area contributed by atoms with Crippen LogP contribution in [0.1, 0.15) is 25.0 Å². The highest BCUT2D eigenvalue weighted by Gasteiger charge is 2.01. The number of hydrogen-bond acceptors (Lipinski definition) is 1.